The molecule has 2 N–H and O–H groups in total. The summed E-state index contributed by atoms with van der Waals surface area (Å²) in [6, 6.07) is 8.73. The number of rotatable bonds is 3. The third-order valence-corrected chi connectivity index (χ3v) is 4.53. The maximum Gasteiger partial charge on any atom is 0.0207 e. The van der Waals surface area contributed by atoms with Crippen molar-refractivity contribution in [3.63, 3.8) is 0 Å². The molecule has 3 unspecified atom stereocenters. The molecule has 1 aromatic carbocycles. The van der Waals surface area contributed by atoms with Gasteiger partial charge < -0.3 is 5.73 Å². The highest BCUT2D eigenvalue weighted by Crippen LogP contribution is 2.33. The average Bonchev–Trinajstić information content (AvgIpc) is 2.68. The van der Waals surface area contributed by atoms with Crippen LogP contribution in [0.15, 0.2) is 28.7 Å². The Balaban J connectivity index is 1.97. The molecule has 0 saturated heterocycles. The highest BCUT2D eigenvalue weighted by molar-refractivity contribution is 9.10. The summed E-state index contributed by atoms with van der Waals surface area (Å²) < 4.78 is 1.19. The largest absolute Gasteiger partial charge is 0.327 e. The van der Waals surface area contributed by atoms with Crippen molar-refractivity contribution in [2.24, 2.45) is 17.6 Å². The van der Waals surface area contributed by atoms with Crippen LogP contribution in [0.4, 0.5) is 0 Å². The van der Waals surface area contributed by atoms with E-state index in [1.165, 1.54) is 29.3 Å². The Hall–Kier alpha value is -0.340. The normalized spacial score (nSPS) is 26.9. The molecule has 0 amide bonds. The topological polar surface area (TPSA) is 26.0 Å². The third kappa shape index (κ3) is 2.86. The van der Waals surface area contributed by atoms with Crippen molar-refractivity contribution in [1.82, 2.24) is 0 Å². The Bertz CT molecular complexity index is 350. The van der Waals surface area contributed by atoms with Crippen LogP contribution >= 0.6 is 15.9 Å². The summed E-state index contributed by atoms with van der Waals surface area (Å²) in [5, 5.41) is 0. The molecule has 0 radical (unpaired) electrons. The van der Waals surface area contributed by atoms with Crippen LogP contribution in [0.5, 0.6) is 0 Å². The molecule has 16 heavy (non-hydrogen) atoms. The van der Waals surface area contributed by atoms with Crippen LogP contribution in [0.3, 0.4) is 0 Å². The Labute approximate surface area is 107 Å². The Morgan fingerprint density at radius 3 is 2.75 bits per heavy atom. The highest BCUT2D eigenvalue weighted by Gasteiger charge is 2.26. The number of nitrogens with two attached hydrogens (primary N) is 1. The van der Waals surface area contributed by atoms with Gasteiger partial charge in [-0.15, -0.1) is 0 Å². The van der Waals surface area contributed by atoms with Crippen LogP contribution < -0.4 is 5.73 Å². The van der Waals surface area contributed by atoms with Gasteiger partial charge in [-0.2, -0.15) is 0 Å². The lowest BCUT2D eigenvalue weighted by Gasteiger charge is -2.19. The molecule has 1 nitrogen and oxygen atoms in total. The maximum atomic E-state index is 6.32. The number of halogens is 1. The van der Waals surface area contributed by atoms with Crippen molar-refractivity contribution in [3.8, 4) is 0 Å². The predicted molar refractivity (Wildman–Crippen MR) is 72.3 cm³/mol. The summed E-state index contributed by atoms with van der Waals surface area (Å²) in [6.45, 7) is 2.34. The zero-order chi connectivity index (χ0) is 11.5. The van der Waals surface area contributed by atoms with E-state index in [-0.39, 0.29) is 0 Å². The second-order valence-corrected chi connectivity index (χ2v) is 5.99. The van der Waals surface area contributed by atoms with Gasteiger partial charge in [0, 0.05) is 10.5 Å². The zero-order valence-electron chi connectivity index (χ0n) is 9.83. The molecule has 88 valence electrons. The fourth-order valence-corrected chi connectivity index (χ4v) is 3.17. The number of benzene rings is 1. The lowest BCUT2D eigenvalue weighted by molar-refractivity contribution is 0.415. The average molecular weight is 282 g/mol. The Kier molecular flexibility index (Phi) is 4.04. The lowest BCUT2D eigenvalue weighted by atomic mass is 9.92. The second-order valence-electron chi connectivity index (χ2n) is 5.14. The molecule has 1 aliphatic carbocycles. The molecule has 1 saturated carbocycles. The summed E-state index contributed by atoms with van der Waals surface area (Å²) in [7, 11) is 0. The van der Waals surface area contributed by atoms with Gasteiger partial charge in [-0.25, -0.2) is 0 Å². The van der Waals surface area contributed by atoms with Gasteiger partial charge in [0.1, 0.15) is 0 Å². The van der Waals surface area contributed by atoms with Crippen molar-refractivity contribution in [1.29, 1.82) is 0 Å². The fourth-order valence-electron chi connectivity index (χ4n) is 2.72. The van der Waals surface area contributed by atoms with Gasteiger partial charge in [0.2, 0.25) is 0 Å². The first kappa shape index (κ1) is 12.1. The van der Waals surface area contributed by atoms with E-state index in [0.29, 0.717) is 6.04 Å². The van der Waals surface area contributed by atoms with E-state index in [1.54, 1.807) is 0 Å². The number of hydrogen-bond donors (Lipinski definition) is 1. The molecule has 2 heteroatoms. The van der Waals surface area contributed by atoms with Gasteiger partial charge in [0.15, 0.2) is 0 Å². The number of hydrogen-bond acceptors (Lipinski definition) is 1. The summed E-state index contributed by atoms with van der Waals surface area (Å²) >= 11 is 3.59. The van der Waals surface area contributed by atoms with Crippen molar-refractivity contribution in [2.45, 2.75) is 38.6 Å². The van der Waals surface area contributed by atoms with Crippen molar-refractivity contribution < 1.29 is 0 Å². The van der Waals surface area contributed by atoms with Gasteiger partial charge in [-0.1, -0.05) is 47.5 Å². The van der Waals surface area contributed by atoms with Crippen molar-refractivity contribution in [2.75, 3.05) is 0 Å². The van der Waals surface area contributed by atoms with E-state index < -0.39 is 0 Å². The van der Waals surface area contributed by atoms with Gasteiger partial charge in [0.05, 0.1) is 0 Å². The first-order chi connectivity index (χ1) is 7.66. The van der Waals surface area contributed by atoms with E-state index in [4.69, 9.17) is 5.73 Å². The summed E-state index contributed by atoms with van der Waals surface area (Å²) in [4.78, 5) is 0. The smallest absolute Gasteiger partial charge is 0.0207 e. The fraction of sp³-hybridized carbons (Fsp3) is 0.571. The van der Waals surface area contributed by atoms with Crippen LogP contribution in [-0.2, 0) is 6.42 Å². The maximum absolute atomic E-state index is 6.32. The molecule has 0 aromatic heterocycles. The molecule has 0 heterocycles. The molecule has 3 atom stereocenters. The Morgan fingerprint density at radius 1 is 1.38 bits per heavy atom. The van der Waals surface area contributed by atoms with Crippen molar-refractivity contribution >= 4 is 15.9 Å². The van der Waals surface area contributed by atoms with E-state index in [1.807, 2.05) is 0 Å². The minimum absolute atomic E-state index is 0.323. The van der Waals surface area contributed by atoms with Crippen LogP contribution in [0, 0.1) is 11.8 Å². The highest BCUT2D eigenvalue weighted by atomic mass is 79.9. The minimum Gasteiger partial charge on any atom is -0.327 e. The van der Waals surface area contributed by atoms with Crippen LogP contribution in [0.2, 0.25) is 0 Å². The Morgan fingerprint density at radius 2 is 2.12 bits per heavy atom. The molecular formula is C14H20BrN. The van der Waals surface area contributed by atoms with Gasteiger partial charge >= 0.3 is 0 Å². The summed E-state index contributed by atoms with van der Waals surface area (Å²) in [6.07, 6.45) is 4.98. The van der Waals surface area contributed by atoms with Crippen LogP contribution in [0.25, 0.3) is 0 Å². The monoisotopic (exact) mass is 281 g/mol. The van der Waals surface area contributed by atoms with E-state index >= 15 is 0 Å². The second kappa shape index (κ2) is 5.33. The summed E-state index contributed by atoms with van der Waals surface area (Å²) in [5.74, 6) is 1.59. The van der Waals surface area contributed by atoms with E-state index in [2.05, 4.69) is 47.1 Å². The van der Waals surface area contributed by atoms with E-state index in [0.717, 1.165) is 18.3 Å². The minimum atomic E-state index is 0.323. The van der Waals surface area contributed by atoms with E-state index in [9.17, 15) is 0 Å². The zero-order valence-corrected chi connectivity index (χ0v) is 11.4. The molecule has 1 fully saturated rings. The standard InChI is InChI=1S/C14H20BrN/c1-10-6-7-12(8-10)14(16)9-11-4-2-3-5-13(11)15/h2-5,10,12,14H,6-9,16H2,1H3. The first-order valence-corrected chi connectivity index (χ1v) is 6.95. The quantitative estimate of drug-likeness (QED) is 0.897. The molecule has 0 aliphatic heterocycles. The predicted octanol–water partition coefficient (Wildman–Crippen LogP) is 3.76. The van der Waals surface area contributed by atoms with Gasteiger partial charge in [-0.05, 0) is 42.7 Å². The van der Waals surface area contributed by atoms with Crippen molar-refractivity contribution in [3.05, 3.63) is 34.3 Å². The molecule has 0 bridgehead atoms. The summed E-state index contributed by atoms with van der Waals surface area (Å²) in [5.41, 5.74) is 7.66. The van der Waals surface area contributed by atoms with Gasteiger partial charge in [-0.3, -0.25) is 0 Å². The molecular weight excluding hydrogens is 262 g/mol. The SMILES string of the molecule is CC1CCC(C(N)Cc2ccccc2Br)C1. The third-order valence-electron chi connectivity index (χ3n) is 3.75. The van der Waals surface area contributed by atoms with Crippen LogP contribution in [0.1, 0.15) is 31.7 Å². The first-order valence-electron chi connectivity index (χ1n) is 6.16. The van der Waals surface area contributed by atoms with Crippen LogP contribution in [-0.4, -0.2) is 6.04 Å². The molecule has 2 rings (SSSR count). The molecule has 1 aromatic rings. The van der Waals surface area contributed by atoms with Gasteiger partial charge in [0.25, 0.3) is 0 Å². The molecule has 1 aliphatic rings. The molecule has 0 spiro atoms. The lowest BCUT2D eigenvalue weighted by Crippen LogP contribution is -2.31.